The zero-order valence-corrected chi connectivity index (χ0v) is 21.5. The number of alkyl halides is 2. The monoisotopic (exact) mass is 553 g/mol. The van der Waals surface area contributed by atoms with Crippen molar-refractivity contribution in [3.8, 4) is 5.75 Å². The van der Waals surface area contributed by atoms with Gasteiger partial charge >= 0.3 is 0 Å². The van der Waals surface area contributed by atoms with Crippen molar-refractivity contribution in [2.45, 2.75) is 29.8 Å². The molecule has 0 aliphatic carbocycles. The van der Waals surface area contributed by atoms with Crippen LogP contribution in [0, 0.1) is 0 Å². The molecule has 2 atom stereocenters. The molecule has 1 aliphatic heterocycles. The second-order valence-electron chi connectivity index (χ2n) is 8.88. The maximum absolute atomic E-state index is 13.9. The van der Waals surface area contributed by atoms with Crippen LogP contribution in [0.4, 0.5) is 26.0 Å². The molecule has 2 heterocycles. The third kappa shape index (κ3) is 5.41. The minimum absolute atomic E-state index is 0.0264. The fourth-order valence-electron chi connectivity index (χ4n) is 4.45. The van der Waals surface area contributed by atoms with Crippen LogP contribution in [0.2, 0.25) is 0 Å². The summed E-state index contributed by atoms with van der Waals surface area (Å²) in [5.41, 5.74) is 1.51. The molecule has 12 heteroatoms. The molecule has 0 saturated heterocycles. The standard InChI is InChI=1S/C27H25F2N5O4S/c1-38-24-10-6-5-9-21(24)33-39(36,37)19-13-11-18(12-14-19)31-27(35)20-16-30-34-23(25(28)29)15-22(32-26(20)34)17-7-3-2-4-8-17/h2-14,16,22-23,25,32-33H,15H2,1H3,(H,31,35)/t22-,23+/m0/s1. The molecule has 0 spiro atoms. The summed E-state index contributed by atoms with van der Waals surface area (Å²) in [4.78, 5) is 13.1. The van der Waals surface area contributed by atoms with Crippen LogP contribution in [0.25, 0.3) is 0 Å². The van der Waals surface area contributed by atoms with Crippen molar-refractivity contribution in [3.63, 3.8) is 0 Å². The van der Waals surface area contributed by atoms with Gasteiger partial charge in [0.1, 0.15) is 23.2 Å². The summed E-state index contributed by atoms with van der Waals surface area (Å²) < 4.78 is 62.3. The van der Waals surface area contributed by atoms with E-state index in [1.165, 1.54) is 37.6 Å². The zero-order chi connectivity index (χ0) is 27.6. The molecule has 1 aliphatic rings. The Labute approximate surface area is 223 Å². The number of hydrogen-bond donors (Lipinski definition) is 3. The van der Waals surface area contributed by atoms with E-state index < -0.39 is 34.4 Å². The molecule has 1 amide bonds. The number of amides is 1. The van der Waals surface area contributed by atoms with Crippen molar-refractivity contribution in [1.82, 2.24) is 9.78 Å². The van der Waals surface area contributed by atoms with Gasteiger partial charge in [0.05, 0.1) is 29.9 Å². The van der Waals surface area contributed by atoms with E-state index >= 15 is 0 Å². The third-order valence-electron chi connectivity index (χ3n) is 6.41. The third-order valence-corrected chi connectivity index (χ3v) is 7.79. The number of rotatable bonds is 8. The molecule has 5 rings (SSSR count). The molecule has 0 fully saturated rings. The Morgan fingerprint density at radius 1 is 1.05 bits per heavy atom. The molecular formula is C27H25F2N5O4S. The largest absolute Gasteiger partial charge is 0.495 e. The Morgan fingerprint density at radius 3 is 2.44 bits per heavy atom. The number of benzene rings is 3. The van der Waals surface area contributed by atoms with Gasteiger partial charge in [0.2, 0.25) is 0 Å². The fraction of sp³-hybridized carbons (Fsp3) is 0.185. The van der Waals surface area contributed by atoms with Crippen molar-refractivity contribution in [1.29, 1.82) is 0 Å². The minimum atomic E-state index is -3.93. The minimum Gasteiger partial charge on any atom is -0.495 e. The van der Waals surface area contributed by atoms with E-state index in [1.807, 2.05) is 30.3 Å². The van der Waals surface area contributed by atoms with Gasteiger partial charge in [-0.3, -0.25) is 9.52 Å². The van der Waals surface area contributed by atoms with Crippen LogP contribution in [-0.2, 0) is 10.0 Å². The van der Waals surface area contributed by atoms with E-state index in [-0.39, 0.29) is 28.4 Å². The molecule has 39 heavy (non-hydrogen) atoms. The first kappa shape index (κ1) is 26.2. The molecule has 3 N–H and O–H groups in total. The topological polar surface area (TPSA) is 114 Å². The lowest BCUT2D eigenvalue weighted by Crippen LogP contribution is -2.31. The maximum Gasteiger partial charge on any atom is 0.262 e. The van der Waals surface area contributed by atoms with Gasteiger partial charge in [0.15, 0.2) is 0 Å². The van der Waals surface area contributed by atoms with E-state index in [2.05, 4.69) is 20.5 Å². The van der Waals surface area contributed by atoms with Crippen LogP contribution in [0.5, 0.6) is 5.75 Å². The molecule has 4 aromatic rings. The summed E-state index contributed by atoms with van der Waals surface area (Å²) in [7, 11) is -2.49. The molecular weight excluding hydrogens is 528 g/mol. The molecule has 0 saturated carbocycles. The highest BCUT2D eigenvalue weighted by Gasteiger charge is 2.36. The van der Waals surface area contributed by atoms with E-state index in [0.717, 1.165) is 10.2 Å². The van der Waals surface area contributed by atoms with Crippen LogP contribution in [0.1, 0.15) is 34.4 Å². The Hall–Kier alpha value is -4.45. The number of halogens is 2. The Balaban J connectivity index is 1.34. The number of methoxy groups -OCH3 is 1. The second-order valence-corrected chi connectivity index (χ2v) is 10.6. The lowest BCUT2D eigenvalue weighted by atomic mass is 9.97. The SMILES string of the molecule is COc1ccccc1NS(=O)(=O)c1ccc(NC(=O)c2cnn3c2N[C@H](c2ccccc2)C[C@@H]3C(F)F)cc1. The normalized spacial score (nSPS) is 16.7. The number of hydrogen-bond acceptors (Lipinski definition) is 6. The summed E-state index contributed by atoms with van der Waals surface area (Å²) in [6.07, 6.45) is -1.32. The zero-order valence-electron chi connectivity index (χ0n) is 20.7. The van der Waals surface area contributed by atoms with Crippen molar-refractivity contribution in [3.05, 3.63) is 96.2 Å². The molecule has 202 valence electrons. The lowest BCUT2D eigenvalue weighted by molar-refractivity contribution is 0.0657. The molecule has 0 bridgehead atoms. The van der Waals surface area contributed by atoms with Crippen LogP contribution in [-0.4, -0.2) is 37.6 Å². The second kappa shape index (κ2) is 10.7. The number of nitrogens with one attached hydrogen (secondary N) is 3. The summed E-state index contributed by atoms with van der Waals surface area (Å²) in [5, 5.41) is 9.93. The van der Waals surface area contributed by atoms with Gasteiger partial charge in [0.25, 0.3) is 22.4 Å². The highest BCUT2D eigenvalue weighted by atomic mass is 32.2. The first-order valence-electron chi connectivity index (χ1n) is 12.0. The van der Waals surface area contributed by atoms with E-state index in [1.54, 1.807) is 24.3 Å². The van der Waals surface area contributed by atoms with E-state index in [9.17, 15) is 22.0 Å². The van der Waals surface area contributed by atoms with Crippen LogP contribution < -0.4 is 20.1 Å². The van der Waals surface area contributed by atoms with Crippen molar-refractivity contribution in [2.75, 3.05) is 22.5 Å². The highest BCUT2D eigenvalue weighted by molar-refractivity contribution is 7.92. The molecule has 0 radical (unpaired) electrons. The number of sulfonamides is 1. The Kier molecular flexibility index (Phi) is 7.20. The van der Waals surface area contributed by atoms with Crippen LogP contribution in [0.3, 0.4) is 0 Å². The number of ether oxygens (including phenoxy) is 1. The summed E-state index contributed by atoms with van der Waals surface area (Å²) in [6, 6.07) is 19.7. The fourth-order valence-corrected chi connectivity index (χ4v) is 5.52. The van der Waals surface area contributed by atoms with Gasteiger partial charge in [-0.05, 0) is 48.4 Å². The average Bonchev–Trinajstić information content (AvgIpc) is 3.37. The van der Waals surface area contributed by atoms with Gasteiger partial charge in [0, 0.05) is 5.69 Å². The summed E-state index contributed by atoms with van der Waals surface area (Å²) in [6.45, 7) is 0. The lowest BCUT2D eigenvalue weighted by Gasteiger charge is -2.32. The van der Waals surface area contributed by atoms with Gasteiger partial charge in [-0.15, -0.1) is 0 Å². The van der Waals surface area contributed by atoms with Crippen molar-refractivity contribution in [2.24, 2.45) is 0 Å². The first-order valence-corrected chi connectivity index (χ1v) is 13.5. The number of nitrogens with zero attached hydrogens (tertiary/aromatic N) is 2. The number of para-hydroxylation sites is 2. The van der Waals surface area contributed by atoms with Gasteiger partial charge < -0.3 is 15.4 Å². The van der Waals surface area contributed by atoms with Crippen LogP contribution >= 0.6 is 0 Å². The average molecular weight is 554 g/mol. The Bertz CT molecular complexity index is 1580. The number of carbonyl (C=O) groups is 1. The smallest absolute Gasteiger partial charge is 0.262 e. The van der Waals surface area contributed by atoms with Crippen molar-refractivity contribution >= 4 is 33.1 Å². The van der Waals surface area contributed by atoms with Crippen LogP contribution in [0.15, 0.2) is 90.0 Å². The molecule has 1 aromatic heterocycles. The quantitative estimate of drug-likeness (QED) is 0.273. The number of fused-ring (bicyclic) bond motifs is 1. The van der Waals surface area contributed by atoms with Gasteiger partial charge in [-0.2, -0.15) is 5.10 Å². The number of carbonyl (C=O) groups excluding carboxylic acids is 1. The van der Waals surface area contributed by atoms with E-state index in [0.29, 0.717) is 11.4 Å². The number of aromatic nitrogens is 2. The summed E-state index contributed by atoms with van der Waals surface area (Å²) >= 11 is 0. The van der Waals surface area contributed by atoms with Crippen molar-refractivity contribution < 1.29 is 26.7 Å². The Morgan fingerprint density at radius 2 is 1.74 bits per heavy atom. The molecule has 0 unspecified atom stereocenters. The van der Waals surface area contributed by atoms with Gasteiger partial charge in [-0.1, -0.05) is 42.5 Å². The van der Waals surface area contributed by atoms with E-state index in [4.69, 9.17) is 4.74 Å². The molecule has 9 nitrogen and oxygen atoms in total. The molecule has 3 aromatic carbocycles. The van der Waals surface area contributed by atoms with Gasteiger partial charge in [-0.25, -0.2) is 21.9 Å². The highest BCUT2D eigenvalue weighted by Crippen LogP contribution is 2.39. The maximum atomic E-state index is 13.9. The predicted molar refractivity (Wildman–Crippen MR) is 143 cm³/mol. The first-order chi connectivity index (χ1) is 18.8. The summed E-state index contributed by atoms with van der Waals surface area (Å²) in [5.74, 6) is -0.0157. The number of anilines is 3. The predicted octanol–water partition coefficient (Wildman–Crippen LogP) is 5.31.